The summed E-state index contributed by atoms with van der Waals surface area (Å²) in [5.41, 5.74) is 2.39. The summed E-state index contributed by atoms with van der Waals surface area (Å²) in [7, 11) is 1.71. The molecule has 1 aromatic carbocycles. The Balaban J connectivity index is 1.38. The van der Waals surface area contributed by atoms with Gasteiger partial charge in [0, 0.05) is 31.2 Å². The Bertz CT molecular complexity index is 826. The minimum absolute atomic E-state index is 0.0280. The molecule has 6 nitrogen and oxygen atoms in total. The molecule has 1 saturated heterocycles. The van der Waals surface area contributed by atoms with E-state index in [9.17, 15) is 5.11 Å². The minimum Gasteiger partial charge on any atom is -0.497 e. The van der Waals surface area contributed by atoms with Gasteiger partial charge in [-0.2, -0.15) is 0 Å². The standard InChI is InChI=1S/C24H34N4O2/c1-30-20-11-9-19(10-12-20)22-13-23(28-15-21(25-26-28)18-7-8-18)24(29)16-27(22)14-17-5-3-2-4-6-17/h9-12,15,17-18,22-24,29H,2-8,13-14,16H2,1H3/t22-,23+,24+/m1/s1. The number of rotatable bonds is 6. The number of β-amino-alcohol motifs (C(OH)–C–C–N with tert-alkyl or cyclic N) is 1. The second-order valence-electron chi connectivity index (χ2n) is 9.51. The maximum atomic E-state index is 11.1. The maximum absolute atomic E-state index is 11.1. The minimum atomic E-state index is -0.420. The molecule has 0 unspecified atom stereocenters. The Morgan fingerprint density at radius 2 is 1.83 bits per heavy atom. The summed E-state index contributed by atoms with van der Waals surface area (Å²) in [6.07, 6.45) is 11.7. The normalized spacial score (nSPS) is 28.5. The molecular formula is C24H34N4O2. The maximum Gasteiger partial charge on any atom is 0.118 e. The number of methoxy groups -OCH3 is 1. The molecule has 30 heavy (non-hydrogen) atoms. The van der Waals surface area contributed by atoms with Gasteiger partial charge >= 0.3 is 0 Å². The van der Waals surface area contributed by atoms with Crippen LogP contribution in [0.25, 0.3) is 0 Å². The van der Waals surface area contributed by atoms with E-state index in [1.54, 1.807) is 7.11 Å². The highest BCUT2D eigenvalue weighted by Crippen LogP contribution is 2.41. The van der Waals surface area contributed by atoms with E-state index in [-0.39, 0.29) is 12.1 Å². The lowest BCUT2D eigenvalue weighted by atomic mass is 9.85. The average Bonchev–Trinajstić information content (AvgIpc) is 3.52. The highest BCUT2D eigenvalue weighted by Gasteiger charge is 2.38. The van der Waals surface area contributed by atoms with Gasteiger partial charge in [-0.05, 0) is 55.7 Å². The fraction of sp³-hybridized carbons (Fsp3) is 0.667. The lowest BCUT2D eigenvalue weighted by molar-refractivity contribution is -0.0182. The molecule has 162 valence electrons. The van der Waals surface area contributed by atoms with Crippen molar-refractivity contribution >= 4 is 0 Å². The van der Waals surface area contributed by atoms with Crippen LogP contribution in [0.15, 0.2) is 30.5 Å². The van der Waals surface area contributed by atoms with Crippen LogP contribution < -0.4 is 4.74 Å². The molecule has 1 N–H and O–H groups in total. The summed E-state index contributed by atoms with van der Waals surface area (Å²) in [6, 6.07) is 8.72. The van der Waals surface area contributed by atoms with Gasteiger partial charge in [0.15, 0.2) is 0 Å². The number of aliphatic hydroxyl groups excluding tert-OH is 1. The van der Waals surface area contributed by atoms with Gasteiger partial charge in [-0.1, -0.05) is 36.6 Å². The van der Waals surface area contributed by atoms with Crippen molar-refractivity contribution in [3.8, 4) is 5.75 Å². The number of benzene rings is 1. The first-order chi connectivity index (χ1) is 14.7. The number of nitrogens with zero attached hydrogens (tertiary/aromatic N) is 4. The Labute approximate surface area is 179 Å². The van der Waals surface area contributed by atoms with E-state index in [4.69, 9.17) is 4.74 Å². The molecule has 2 aliphatic carbocycles. The second kappa shape index (κ2) is 8.67. The van der Waals surface area contributed by atoms with Crippen LogP contribution in [0, 0.1) is 5.92 Å². The first-order valence-electron chi connectivity index (χ1n) is 11.7. The fourth-order valence-corrected chi connectivity index (χ4v) is 5.40. The molecule has 0 spiro atoms. The number of ether oxygens (including phenoxy) is 1. The van der Waals surface area contributed by atoms with Crippen LogP contribution in [0.5, 0.6) is 5.75 Å². The van der Waals surface area contributed by atoms with Crippen molar-refractivity contribution in [3.63, 3.8) is 0 Å². The molecule has 0 amide bonds. The van der Waals surface area contributed by atoms with Gasteiger partial charge in [0.1, 0.15) is 5.75 Å². The van der Waals surface area contributed by atoms with Crippen LogP contribution >= 0.6 is 0 Å². The monoisotopic (exact) mass is 410 g/mol. The van der Waals surface area contributed by atoms with Crippen LogP contribution in [0.2, 0.25) is 0 Å². The summed E-state index contributed by atoms with van der Waals surface area (Å²) in [4.78, 5) is 2.53. The van der Waals surface area contributed by atoms with Crippen molar-refractivity contribution in [3.05, 3.63) is 41.7 Å². The quantitative estimate of drug-likeness (QED) is 0.777. The van der Waals surface area contributed by atoms with E-state index in [2.05, 4.69) is 45.7 Å². The topological polar surface area (TPSA) is 63.4 Å². The molecule has 2 saturated carbocycles. The zero-order valence-electron chi connectivity index (χ0n) is 18.0. The smallest absolute Gasteiger partial charge is 0.118 e. The first kappa shape index (κ1) is 20.0. The van der Waals surface area contributed by atoms with E-state index in [1.807, 2.05) is 4.68 Å². The lowest BCUT2D eigenvalue weighted by Gasteiger charge is -2.44. The molecule has 3 fully saturated rings. The van der Waals surface area contributed by atoms with E-state index in [0.717, 1.165) is 30.3 Å². The van der Waals surface area contributed by atoms with Gasteiger partial charge in [0.25, 0.3) is 0 Å². The Hall–Kier alpha value is -1.92. The Kier molecular flexibility index (Phi) is 5.79. The predicted molar refractivity (Wildman–Crippen MR) is 116 cm³/mol. The number of likely N-dealkylation sites (tertiary alicyclic amines) is 1. The van der Waals surface area contributed by atoms with Gasteiger partial charge in [-0.15, -0.1) is 5.10 Å². The third kappa shape index (κ3) is 4.26. The summed E-state index contributed by atoms with van der Waals surface area (Å²) in [5, 5.41) is 19.9. The van der Waals surface area contributed by atoms with E-state index < -0.39 is 6.10 Å². The van der Waals surface area contributed by atoms with Crippen molar-refractivity contribution in [2.24, 2.45) is 5.92 Å². The Morgan fingerprint density at radius 1 is 1.07 bits per heavy atom. The lowest BCUT2D eigenvalue weighted by Crippen LogP contribution is -2.48. The van der Waals surface area contributed by atoms with Gasteiger partial charge in [0.05, 0.1) is 24.9 Å². The zero-order chi connectivity index (χ0) is 20.5. The Morgan fingerprint density at radius 3 is 2.53 bits per heavy atom. The molecule has 2 heterocycles. The van der Waals surface area contributed by atoms with E-state index >= 15 is 0 Å². The largest absolute Gasteiger partial charge is 0.497 e. The molecular weight excluding hydrogens is 376 g/mol. The van der Waals surface area contributed by atoms with Crippen molar-refractivity contribution in [1.82, 2.24) is 19.9 Å². The van der Waals surface area contributed by atoms with Crippen molar-refractivity contribution in [1.29, 1.82) is 0 Å². The van der Waals surface area contributed by atoms with Crippen molar-refractivity contribution < 1.29 is 9.84 Å². The molecule has 1 aliphatic heterocycles. The molecule has 1 aromatic heterocycles. The van der Waals surface area contributed by atoms with Crippen LogP contribution in [0.1, 0.15) is 80.6 Å². The third-order valence-electron chi connectivity index (χ3n) is 7.35. The number of hydrogen-bond acceptors (Lipinski definition) is 5. The predicted octanol–water partition coefficient (Wildman–Crippen LogP) is 4.09. The van der Waals surface area contributed by atoms with Gasteiger partial charge in [-0.3, -0.25) is 4.90 Å². The molecule has 0 radical (unpaired) electrons. The zero-order valence-corrected chi connectivity index (χ0v) is 18.0. The van der Waals surface area contributed by atoms with Gasteiger partial charge in [0.2, 0.25) is 0 Å². The molecule has 6 heteroatoms. The van der Waals surface area contributed by atoms with Crippen LogP contribution in [0.3, 0.4) is 0 Å². The van der Waals surface area contributed by atoms with Gasteiger partial charge in [-0.25, -0.2) is 4.68 Å². The number of piperidine rings is 1. The summed E-state index contributed by atoms with van der Waals surface area (Å²) < 4.78 is 7.30. The molecule has 5 rings (SSSR count). The highest BCUT2D eigenvalue weighted by atomic mass is 16.5. The third-order valence-corrected chi connectivity index (χ3v) is 7.35. The molecule has 2 aromatic rings. The van der Waals surface area contributed by atoms with E-state index in [0.29, 0.717) is 12.5 Å². The van der Waals surface area contributed by atoms with Gasteiger partial charge < -0.3 is 9.84 Å². The average molecular weight is 411 g/mol. The molecule has 3 aliphatic rings. The summed E-state index contributed by atoms with van der Waals surface area (Å²) in [6.45, 7) is 1.77. The molecule has 3 atom stereocenters. The van der Waals surface area contributed by atoms with Crippen molar-refractivity contribution in [2.45, 2.75) is 75.5 Å². The van der Waals surface area contributed by atoms with Crippen LogP contribution in [0.4, 0.5) is 0 Å². The van der Waals surface area contributed by atoms with Crippen molar-refractivity contribution in [2.75, 3.05) is 20.2 Å². The number of aliphatic hydroxyl groups is 1. The second-order valence-corrected chi connectivity index (χ2v) is 9.51. The van der Waals surface area contributed by atoms with Crippen LogP contribution in [-0.2, 0) is 0 Å². The number of hydrogen-bond donors (Lipinski definition) is 1. The molecule has 0 bridgehead atoms. The van der Waals surface area contributed by atoms with Crippen LogP contribution in [-0.4, -0.2) is 51.3 Å². The van der Waals surface area contributed by atoms with E-state index in [1.165, 1.54) is 50.5 Å². The first-order valence-corrected chi connectivity index (χ1v) is 11.7. The fourth-order valence-electron chi connectivity index (χ4n) is 5.40. The summed E-state index contributed by atoms with van der Waals surface area (Å²) >= 11 is 0. The highest BCUT2D eigenvalue weighted by molar-refractivity contribution is 5.29. The SMILES string of the molecule is COc1ccc([C@H]2C[C@H](n3cc(C4CC4)nn3)[C@@H](O)CN2CC2CCCCC2)cc1. The number of aromatic nitrogens is 3. The summed E-state index contributed by atoms with van der Waals surface area (Å²) in [5.74, 6) is 2.21.